The van der Waals surface area contributed by atoms with Crippen LogP contribution in [-0.4, -0.2) is 4.98 Å². The molecular formula is C13H8ClFN2O. The average Bonchev–Trinajstić information content (AvgIpc) is 2.31. The lowest BCUT2D eigenvalue weighted by Crippen LogP contribution is -2.12. The van der Waals surface area contributed by atoms with E-state index in [4.69, 9.17) is 16.9 Å². The molecule has 2 aromatic rings. The summed E-state index contributed by atoms with van der Waals surface area (Å²) in [6.07, 6.45) is 0. The van der Waals surface area contributed by atoms with Crippen LogP contribution in [0.5, 0.6) is 0 Å². The molecule has 0 aliphatic heterocycles. The minimum Gasteiger partial charge on any atom is -0.325 e. The fourth-order valence-corrected chi connectivity index (χ4v) is 1.94. The Bertz CT molecular complexity index is 716. The number of aryl methyl sites for hydroxylation is 1. The number of nitrogens with zero attached hydrogens (tertiary/aromatic N) is 1. The van der Waals surface area contributed by atoms with Crippen LogP contribution in [0.25, 0.3) is 11.1 Å². The summed E-state index contributed by atoms with van der Waals surface area (Å²) >= 11 is 5.98. The molecule has 1 aromatic carbocycles. The van der Waals surface area contributed by atoms with E-state index in [2.05, 4.69) is 4.98 Å². The number of rotatable bonds is 1. The molecule has 0 amide bonds. The molecule has 3 nitrogen and oxygen atoms in total. The van der Waals surface area contributed by atoms with Gasteiger partial charge < -0.3 is 4.98 Å². The van der Waals surface area contributed by atoms with Gasteiger partial charge in [0, 0.05) is 21.8 Å². The Balaban J connectivity index is 2.83. The normalized spacial score (nSPS) is 10.1. The van der Waals surface area contributed by atoms with Gasteiger partial charge in [-0.25, -0.2) is 4.39 Å². The summed E-state index contributed by atoms with van der Waals surface area (Å²) in [5, 5.41) is 9.29. The Morgan fingerprint density at radius 3 is 2.72 bits per heavy atom. The molecule has 0 fully saturated rings. The lowest BCUT2D eigenvalue weighted by Gasteiger charge is -2.07. The number of H-pyrrole nitrogens is 1. The Hall–Kier alpha value is -2.12. The zero-order valence-electron chi connectivity index (χ0n) is 9.42. The van der Waals surface area contributed by atoms with Gasteiger partial charge in [-0.1, -0.05) is 11.6 Å². The summed E-state index contributed by atoms with van der Waals surface area (Å²) in [6, 6.07) is 7.23. The third-order valence-electron chi connectivity index (χ3n) is 2.50. The zero-order valence-corrected chi connectivity index (χ0v) is 10.2. The van der Waals surface area contributed by atoms with E-state index in [0.717, 1.165) is 0 Å². The first-order chi connectivity index (χ1) is 8.52. The van der Waals surface area contributed by atoms with Crippen molar-refractivity contribution in [3.8, 4) is 17.2 Å². The summed E-state index contributed by atoms with van der Waals surface area (Å²) in [5.41, 5.74) is 0.668. The Kier molecular flexibility index (Phi) is 3.17. The molecule has 2 rings (SSSR count). The van der Waals surface area contributed by atoms with Crippen LogP contribution in [0.15, 0.2) is 29.1 Å². The van der Waals surface area contributed by atoms with Gasteiger partial charge in [0.2, 0.25) is 0 Å². The molecule has 0 bridgehead atoms. The van der Waals surface area contributed by atoms with Crippen molar-refractivity contribution in [2.75, 3.05) is 0 Å². The second-order valence-corrected chi connectivity index (χ2v) is 4.21. The Morgan fingerprint density at radius 2 is 2.06 bits per heavy atom. The molecule has 0 unspecified atom stereocenters. The van der Waals surface area contributed by atoms with Crippen LogP contribution in [0.1, 0.15) is 11.3 Å². The lowest BCUT2D eigenvalue weighted by atomic mass is 10.0. The summed E-state index contributed by atoms with van der Waals surface area (Å²) in [7, 11) is 0. The van der Waals surface area contributed by atoms with Gasteiger partial charge in [0.15, 0.2) is 0 Å². The number of hydrogen-bond donors (Lipinski definition) is 1. The van der Waals surface area contributed by atoms with E-state index in [0.29, 0.717) is 16.8 Å². The second kappa shape index (κ2) is 4.63. The van der Waals surface area contributed by atoms with Crippen LogP contribution in [0, 0.1) is 24.1 Å². The third-order valence-corrected chi connectivity index (χ3v) is 2.83. The highest BCUT2D eigenvalue weighted by molar-refractivity contribution is 6.33. The smallest absolute Gasteiger partial charge is 0.266 e. The number of nitriles is 1. The summed E-state index contributed by atoms with van der Waals surface area (Å²) in [5.74, 6) is -0.476. The first-order valence-electron chi connectivity index (χ1n) is 5.12. The predicted molar refractivity (Wildman–Crippen MR) is 66.9 cm³/mol. The van der Waals surface area contributed by atoms with Crippen LogP contribution >= 0.6 is 11.6 Å². The predicted octanol–water partition coefficient (Wildman–Crippen LogP) is 3.01. The summed E-state index contributed by atoms with van der Waals surface area (Å²) in [4.78, 5) is 14.2. The molecule has 0 saturated heterocycles. The van der Waals surface area contributed by atoms with Crippen LogP contribution in [0.4, 0.5) is 4.39 Å². The fraction of sp³-hybridized carbons (Fsp3) is 0.0769. The first-order valence-corrected chi connectivity index (χ1v) is 5.50. The van der Waals surface area contributed by atoms with Gasteiger partial charge in [-0.05, 0) is 31.2 Å². The third kappa shape index (κ3) is 2.13. The molecule has 18 heavy (non-hydrogen) atoms. The maximum Gasteiger partial charge on any atom is 0.266 e. The van der Waals surface area contributed by atoms with E-state index >= 15 is 0 Å². The molecule has 0 saturated carbocycles. The van der Waals surface area contributed by atoms with Crippen molar-refractivity contribution in [3.63, 3.8) is 0 Å². The van der Waals surface area contributed by atoms with Gasteiger partial charge in [0.25, 0.3) is 5.56 Å². The van der Waals surface area contributed by atoms with Crippen molar-refractivity contribution in [1.29, 1.82) is 5.26 Å². The van der Waals surface area contributed by atoms with Crippen molar-refractivity contribution >= 4 is 11.6 Å². The first kappa shape index (κ1) is 12.3. The lowest BCUT2D eigenvalue weighted by molar-refractivity contribution is 0.628. The maximum absolute atomic E-state index is 13.2. The van der Waals surface area contributed by atoms with Gasteiger partial charge in [0.1, 0.15) is 17.4 Å². The van der Waals surface area contributed by atoms with Crippen molar-refractivity contribution in [3.05, 3.63) is 56.7 Å². The summed E-state index contributed by atoms with van der Waals surface area (Å²) in [6.45, 7) is 1.68. The van der Waals surface area contributed by atoms with Crippen molar-refractivity contribution < 1.29 is 4.39 Å². The van der Waals surface area contributed by atoms with Crippen LogP contribution in [-0.2, 0) is 0 Å². The van der Waals surface area contributed by atoms with Crippen molar-refractivity contribution in [2.24, 2.45) is 0 Å². The van der Waals surface area contributed by atoms with E-state index in [1.807, 2.05) is 6.07 Å². The molecule has 0 atom stereocenters. The SMILES string of the molecule is Cc1cc(-c2cc(F)ccc2Cl)c(C#N)c(=O)[nH]1. The molecule has 90 valence electrons. The minimum absolute atomic E-state index is 0.0758. The van der Waals surface area contributed by atoms with E-state index < -0.39 is 11.4 Å². The number of aromatic nitrogens is 1. The zero-order chi connectivity index (χ0) is 13.3. The molecule has 5 heteroatoms. The quantitative estimate of drug-likeness (QED) is 0.859. The van der Waals surface area contributed by atoms with E-state index in [1.54, 1.807) is 13.0 Å². The topological polar surface area (TPSA) is 56.6 Å². The molecular weight excluding hydrogens is 255 g/mol. The van der Waals surface area contributed by atoms with Gasteiger partial charge in [-0.3, -0.25) is 4.79 Å². The molecule has 1 aromatic heterocycles. The number of pyridine rings is 1. The van der Waals surface area contributed by atoms with Gasteiger partial charge >= 0.3 is 0 Å². The van der Waals surface area contributed by atoms with E-state index in [9.17, 15) is 9.18 Å². The fourth-order valence-electron chi connectivity index (χ4n) is 1.72. The van der Waals surface area contributed by atoms with Crippen molar-refractivity contribution in [2.45, 2.75) is 6.92 Å². The van der Waals surface area contributed by atoms with Gasteiger partial charge in [0.05, 0.1) is 0 Å². The largest absolute Gasteiger partial charge is 0.325 e. The standard InChI is InChI=1S/C13H8ClFN2O/c1-7-4-9(11(6-16)13(18)17-7)10-5-8(15)2-3-12(10)14/h2-5H,1H3,(H,17,18). The maximum atomic E-state index is 13.2. The Labute approximate surface area is 107 Å². The Morgan fingerprint density at radius 1 is 1.33 bits per heavy atom. The molecule has 0 radical (unpaired) electrons. The molecule has 1 N–H and O–H groups in total. The number of aromatic amines is 1. The number of benzene rings is 1. The average molecular weight is 263 g/mol. The number of halogens is 2. The summed E-state index contributed by atoms with van der Waals surface area (Å²) < 4.78 is 13.2. The molecule has 1 heterocycles. The highest BCUT2D eigenvalue weighted by Gasteiger charge is 2.13. The van der Waals surface area contributed by atoms with Crippen LogP contribution in [0.2, 0.25) is 5.02 Å². The van der Waals surface area contributed by atoms with Crippen LogP contribution in [0.3, 0.4) is 0 Å². The molecule has 0 aliphatic rings. The van der Waals surface area contributed by atoms with E-state index in [1.165, 1.54) is 18.2 Å². The second-order valence-electron chi connectivity index (χ2n) is 3.81. The van der Waals surface area contributed by atoms with E-state index in [-0.39, 0.29) is 10.6 Å². The monoisotopic (exact) mass is 262 g/mol. The van der Waals surface area contributed by atoms with Gasteiger partial charge in [-0.2, -0.15) is 5.26 Å². The number of hydrogen-bond acceptors (Lipinski definition) is 2. The highest BCUT2D eigenvalue weighted by Crippen LogP contribution is 2.30. The highest BCUT2D eigenvalue weighted by atomic mass is 35.5. The molecule has 0 aliphatic carbocycles. The van der Waals surface area contributed by atoms with Crippen molar-refractivity contribution in [1.82, 2.24) is 4.98 Å². The minimum atomic E-state index is -0.507. The number of nitrogens with one attached hydrogen (secondary N) is 1. The van der Waals surface area contributed by atoms with Crippen LogP contribution < -0.4 is 5.56 Å². The molecule has 0 spiro atoms. The van der Waals surface area contributed by atoms with Gasteiger partial charge in [-0.15, -0.1) is 0 Å².